The van der Waals surface area contributed by atoms with Gasteiger partial charge < -0.3 is 5.32 Å². The van der Waals surface area contributed by atoms with Gasteiger partial charge in [-0.3, -0.25) is 4.79 Å². The highest BCUT2D eigenvalue weighted by Gasteiger charge is 2.21. The van der Waals surface area contributed by atoms with E-state index in [4.69, 9.17) is 0 Å². The molecule has 2 nitrogen and oxygen atoms in total. The van der Waals surface area contributed by atoms with Crippen LogP contribution < -0.4 is 5.32 Å². The van der Waals surface area contributed by atoms with Gasteiger partial charge in [-0.05, 0) is 44.1 Å². The minimum Gasteiger partial charge on any atom is -0.350 e. The van der Waals surface area contributed by atoms with E-state index in [-0.39, 0.29) is 5.91 Å². The Labute approximate surface area is 170 Å². The molecule has 1 aliphatic carbocycles. The standard InChI is InChI=1S/C25H47NO/c1-3-4-5-6-7-8-9-10-11-12-13-14-15-16-17-18-19-25(27)26-24-21-20-23(2)22-24/h18-19,23-24H,3-17,20-22H2,1-2H3,(H,26,27)/b19-18+/t23-,24+/m0/s1. The molecule has 0 saturated heterocycles. The number of hydrogen-bond donors (Lipinski definition) is 1. The van der Waals surface area contributed by atoms with Gasteiger partial charge in [0.2, 0.25) is 5.91 Å². The minimum atomic E-state index is 0.111. The largest absolute Gasteiger partial charge is 0.350 e. The fourth-order valence-corrected chi connectivity index (χ4v) is 4.23. The van der Waals surface area contributed by atoms with Crippen LogP contribution >= 0.6 is 0 Å². The van der Waals surface area contributed by atoms with Crippen LogP contribution in [0.15, 0.2) is 12.2 Å². The first kappa shape index (κ1) is 24.2. The van der Waals surface area contributed by atoms with Gasteiger partial charge in [0.15, 0.2) is 0 Å². The molecule has 2 atom stereocenters. The number of carbonyl (C=O) groups excluding carboxylic acids is 1. The molecule has 1 aliphatic rings. The Morgan fingerprint density at radius 2 is 1.33 bits per heavy atom. The average molecular weight is 378 g/mol. The smallest absolute Gasteiger partial charge is 0.243 e. The number of unbranched alkanes of at least 4 members (excludes halogenated alkanes) is 14. The van der Waals surface area contributed by atoms with Gasteiger partial charge in [0, 0.05) is 6.04 Å². The number of hydrogen-bond acceptors (Lipinski definition) is 1. The average Bonchev–Trinajstić information content (AvgIpc) is 3.06. The van der Waals surface area contributed by atoms with Crippen molar-refractivity contribution in [3.63, 3.8) is 0 Å². The van der Waals surface area contributed by atoms with E-state index in [1.165, 1.54) is 96.3 Å². The number of allylic oxidation sites excluding steroid dienone is 1. The van der Waals surface area contributed by atoms with Crippen molar-refractivity contribution in [3.05, 3.63) is 12.2 Å². The maximum Gasteiger partial charge on any atom is 0.243 e. The van der Waals surface area contributed by atoms with Crippen LogP contribution in [-0.2, 0) is 4.79 Å². The van der Waals surface area contributed by atoms with Crippen LogP contribution in [0.3, 0.4) is 0 Å². The number of rotatable bonds is 17. The van der Waals surface area contributed by atoms with Crippen molar-refractivity contribution in [3.8, 4) is 0 Å². The molecule has 0 aromatic rings. The lowest BCUT2D eigenvalue weighted by Crippen LogP contribution is -2.31. The Balaban J connectivity index is 1.78. The zero-order chi connectivity index (χ0) is 19.6. The number of amides is 1. The molecular formula is C25H47NO. The third-order valence-electron chi connectivity index (χ3n) is 6.03. The SMILES string of the molecule is CCCCCCCCCCCCCCCC/C=C/C(=O)N[C@@H]1CC[C@H](C)C1. The highest BCUT2D eigenvalue weighted by Crippen LogP contribution is 2.24. The first-order valence-electron chi connectivity index (χ1n) is 12.2. The molecule has 0 aliphatic heterocycles. The highest BCUT2D eigenvalue weighted by molar-refractivity contribution is 5.87. The van der Waals surface area contributed by atoms with Gasteiger partial charge in [0.25, 0.3) is 0 Å². The van der Waals surface area contributed by atoms with Crippen molar-refractivity contribution in [1.29, 1.82) is 0 Å². The summed E-state index contributed by atoms with van der Waals surface area (Å²) in [5.41, 5.74) is 0. The molecule has 0 spiro atoms. The van der Waals surface area contributed by atoms with Crippen LogP contribution in [0.5, 0.6) is 0 Å². The summed E-state index contributed by atoms with van der Waals surface area (Å²) in [5.74, 6) is 0.884. The maximum absolute atomic E-state index is 11.9. The minimum absolute atomic E-state index is 0.111. The molecule has 27 heavy (non-hydrogen) atoms. The molecule has 0 radical (unpaired) electrons. The first-order chi connectivity index (χ1) is 13.2. The lowest BCUT2D eigenvalue weighted by molar-refractivity contribution is -0.117. The third-order valence-corrected chi connectivity index (χ3v) is 6.03. The Morgan fingerprint density at radius 1 is 0.815 bits per heavy atom. The molecule has 158 valence electrons. The van der Waals surface area contributed by atoms with Crippen LogP contribution in [0, 0.1) is 5.92 Å². The van der Waals surface area contributed by atoms with E-state index < -0.39 is 0 Å². The van der Waals surface area contributed by atoms with Crippen LogP contribution in [0.1, 0.15) is 129 Å². The van der Waals surface area contributed by atoms with Crippen molar-refractivity contribution in [1.82, 2.24) is 5.32 Å². The molecule has 1 amide bonds. The summed E-state index contributed by atoms with van der Waals surface area (Å²) in [6.45, 7) is 4.56. The monoisotopic (exact) mass is 377 g/mol. The van der Waals surface area contributed by atoms with Gasteiger partial charge >= 0.3 is 0 Å². The van der Waals surface area contributed by atoms with E-state index in [0.29, 0.717) is 6.04 Å². The second-order valence-electron chi connectivity index (χ2n) is 8.91. The van der Waals surface area contributed by atoms with Crippen LogP contribution in [0.4, 0.5) is 0 Å². The molecule has 1 saturated carbocycles. The van der Waals surface area contributed by atoms with E-state index in [2.05, 4.69) is 25.2 Å². The van der Waals surface area contributed by atoms with E-state index in [9.17, 15) is 4.79 Å². The molecule has 0 heterocycles. The molecule has 0 aromatic heterocycles. The van der Waals surface area contributed by atoms with Crippen molar-refractivity contribution in [2.75, 3.05) is 0 Å². The summed E-state index contributed by atoms with van der Waals surface area (Å²) in [5, 5.41) is 3.14. The highest BCUT2D eigenvalue weighted by atomic mass is 16.1. The van der Waals surface area contributed by atoms with Crippen LogP contribution in [-0.4, -0.2) is 11.9 Å². The Bertz CT molecular complexity index is 377. The lowest BCUT2D eigenvalue weighted by Gasteiger charge is -2.09. The summed E-state index contributed by atoms with van der Waals surface area (Å²) >= 11 is 0. The van der Waals surface area contributed by atoms with E-state index >= 15 is 0 Å². The summed E-state index contributed by atoms with van der Waals surface area (Å²) in [7, 11) is 0. The van der Waals surface area contributed by atoms with Gasteiger partial charge in [0.1, 0.15) is 0 Å². The zero-order valence-corrected chi connectivity index (χ0v) is 18.4. The first-order valence-corrected chi connectivity index (χ1v) is 12.2. The summed E-state index contributed by atoms with van der Waals surface area (Å²) in [4.78, 5) is 11.9. The molecular weight excluding hydrogens is 330 g/mol. The van der Waals surface area contributed by atoms with Gasteiger partial charge in [-0.1, -0.05) is 103 Å². The Kier molecular flexibility index (Phi) is 15.6. The second-order valence-corrected chi connectivity index (χ2v) is 8.91. The number of carbonyl (C=O) groups is 1. The number of nitrogens with one attached hydrogen (secondary N) is 1. The normalized spacial score (nSPS) is 19.8. The maximum atomic E-state index is 11.9. The van der Waals surface area contributed by atoms with E-state index in [1.54, 1.807) is 6.08 Å². The van der Waals surface area contributed by atoms with Gasteiger partial charge in [-0.15, -0.1) is 0 Å². The Hall–Kier alpha value is -0.790. The van der Waals surface area contributed by atoms with Crippen molar-refractivity contribution in [2.45, 2.75) is 135 Å². The lowest BCUT2D eigenvalue weighted by atomic mass is 10.0. The van der Waals surface area contributed by atoms with Crippen LogP contribution in [0.2, 0.25) is 0 Å². The summed E-state index contributed by atoms with van der Waals surface area (Å²) in [6.07, 6.45) is 28.0. The summed E-state index contributed by atoms with van der Waals surface area (Å²) < 4.78 is 0. The topological polar surface area (TPSA) is 29.1 Å². The molecule has 1 rings (SSSR count). The molecule has 0 bridgehead atoms. The van der Waals surface area contributed by atoms with Gasteiger partial charge in [0.05, 0.1) is 0 Å². The fraction of sp³-hybridized carbons (Fsp3) is 0.880. The third kappa shape index (κ3) is 14.9. The second kappa shape index (κ2) is 17.3. The summed E-state index contributed by atoms with van der Waals surface area (Å²) in [6, 6.07) is 0.415. The van der Waals surface area contributed by atoms with Crippen molar-refractivity contribution >= 4 is 5.91 Å². The van der Waals surface area contributed by atoms with Gasteiger partial charge in [-0.2, -0.15) is 0 Å². The Morgan fingerprint density at radius 3 is 1.81 bits per heavy atom. The molecule has 1 N–H and O–H groups in total. The molecule has 0 aromatic carbocycles. The van der Waals surface area contributed by atoms with Crippen molar-refractivity contribution in [2.24, 2.45) is 5.92 Å². The zero-order valence-electron chi connectivity index (χ0n) is 18.4. The predicted octanol–water partition coefficient (Wildman–Crippen LogP) is 7.72. The van der Waals surface area contributed by atoms with Crippen LogP contribution in [0.25, 0.3) is 0 Å². The van der Waals surface area contributed by atoms with E-state index in [1.807, 2.05) is 0 Å². The molecule has 1 fully saturated rings. The predicted molar refractivity (Wildman–Crippen MR) is 119 cm³/mol. The molecule has 0 unspecified atom stereocenters. The fourth-order valence-electron chi connectivity index (χ4n) is 4.23. The quantitative estimate of drug-likeness (QED) is 0.204. The van der Waals surface area contributed by atoms with Gasteiger partial charge in [-0.25, -0.2) is 0 Å². The van der Waals surface area contributed by atoms with Crippen molar-refractivity contribution < 1.29 is 4.79 Å². The molecule has 2 heteroatoms. The van der Waals surface area contributed by atoms with E-state index in [0.717, 1.165) is 25.2 Å².